The van der Waals surface area contributed by atoms with E-state index >= 15 is 0 Å². The maximum absolute atomic E-state index is 2.40. The van der Waals surface area contributed by atoms with Crippen molar-refractivity contribution in [3.8, 4) is 0 Å². The summed E-state index contributed by atoms with van der Waals surface area (Å²) in [5, 5.41) is 0. The fourth-order valence-electron chi connectivity index (χ4n) is 2.83. The van der Waals surface area contributed by atoms with Crippen molar-refractivity contribution in [2.75, 3.05) is 0 Å². The molecule has 0 amide bonds. The first-order chi connectivity index (χ1) is 6.21. The van der Waals surface area contributed by atoms with E-state index in [9.17, 15) is 0 Å². The van der Waals surface area contributed by atoms with E-state index in [1.165, 1.54) is 25.7 Å². The zero-order valence-corrected chi connectivity index (χ0v) is 11.0. The fraction of sp³-hybridized carbons (Fsp3) is 1.00. The Morgan fingerprint density at radius 3 is 0.933 bits per heavy atom. The van der Waals surface area contributed by atoms with E-state index < -0.39 is 0 Å². The number of rotatable bonds is 0. The quantitative estimate of drug-likeness (QED) is 0.496. The molecule has 0 aromatic heterocycles. The van der Waals surface area contributed by atoms with Crippen molar-refractivity contribution in [3.05, 3.63) is 0 Å². The van der Waals surface area contributed by atoms with Gasteiger partial charge in [0.05, 0.1) is 0 Å². The van der Waals surface area contributed by atoms with Gasteiger partial charge < -0.3 is 0 Å². The van der Waals surface area contributed by atoms with Gasteiger partial charge in [-0.3, -0.25) is 0 Å². The predicted molar refractivity (Wildman–Crippen MR) is 71.1 cm³/mol. The monoisotopic (exact) mass is 212 g/mol. The molecule has 0 heterocycles. The summed E-state index contributed by atoms with van der Waals surface area (Å²) < 4.78 is 0. The van der Waals surface area contributed by atoms with E-state index in [1.54, 1.807) is 0 Å². The molecule has 1 rings (SSSR count). The Balaban J connectivity index is 0.00000196. The van der Waals surface area contributed by atoms with Gasteiger partial charge >= 0.3 is 0 Å². The molecule has 0 aromatic carbocycles. The van der Waals surface area contributed by atoms with E-state index in [2.05, 4.69) is 41.5 Å². The van der Waals surface area contributed by atoms with Crippen molar-refractivity contribution in [1.29, 1.82) is 0 Å². The minimum absolute atomic E-state index is 0. The van der Waals surface area contributed by atoms with Crippen molar-refractivity contribution in [3.63, 3.8) is 0 Å². The molecule has 92 valence electrons. The Morgan fingerprint density at radius 2 is 0.800 bits per heavy atom. The standard InChI is InChI=1S/C14H28.CH4/c1-13(2,3)11-7-9-12(10-8-11)14(4,5)6;/h11-12H,7-10H2,1-6H3;1H4. The minimum atomic E-state index is 0. The zero-order chi connectivity index (χ0) is 11.0. The molecule has 1 aliphatic carbocycles. The summed E-state index contributed by atoms with van der Waals surface area (Å²) in [4.78, 5) is 0. The van der Waals surface area contributed by atoms with E-state index in [1.807, 2.05) is 0 Å². The average molecular weight is 212 g/mol. The smallest absolute Gasteiger partial charge is 0.0354 e. The van der Waals surface area contributed by atoms with E-state index in [0.717, 1.165) is 11.8 Å². The van der Waals surface area contributed by atoms with E-state index in [-0.39, 0.29) is 7.43 Å². The van der Waals surface area contributed by atoms with Crippen LogP contribution in [0.15, 0.2) is 0 Å². The summed E-state index contributed by atoms with van der Waals surface area (Å²) in [6, 6.07) is 0. The van der Waals surface area contributed by atoms with Gasteiger partial charge in [0.1, 0.15) is 0 Å². The maximum atomic E-state index is 2.40. The summed E-state index contributed by atoms with van der Waals surface area (Å²) in [6.07, 6.45) is 5.80. The molecule has 0 spiro atoms. The van der Waals surface area contributed by atoms with Gasteiger partial charge in [-0.25, -0.2) is 0 Å². The third kappa shape index (κ3) is 4.17. The largest absolute Gasteiger partial charge is 0.0776 e. The number of hydrogen-bond acceptors (Lipinski definition) is 0. The molecule has 1 aliphatic rings. The van der Waals surface area contributed by atoms with Gasteiger partial charge in [-0.05, 0) is 48.3 Å². The van der Waals surface area contributed by atoms with Crippen LogP contribution in [0.25, 0.3) is 0 Å². The third-order valence-corrected chi connectivity index (χ3v) is 4.18. The lowest BCUT2D eigenvalue weighted by Crippen LogP contribution is -2.30. The second-order valence-corrected chi connectivity index (χ2v) is 7.28. The van der Waals surface area contributed by atoms with Crippen LogP contribution in [0.3, 0.4) is 0 Å². The average Bonchev–Trinajstić information content (AvgIpc) is 2.01. The van der Waals surface area contributed by atoms with Gasteiger partial charge in [0, 0.05) is 0 Å². The minimum Gasteiger partial charge on any atom is -0.0776 e. The zero-order valence-electron chi connectivity index (χ0n) is 11.0. The molecule has 0 unspecified atom stereocenters. The van der Waals surface area contributed by atoms with Gasteiger partial charge in [0.15, 0.2) is 0 Å². The molecular weight excluding hydrogens is 180 g/mol. The lowest BCUT2D eigenvalue weighted by molar-refractivity contribution is 0.0970. The van der Waals surface area contributed by atoms with Crippen LogP contribution in [0.5, 0.6) is 0 Å². The van der Waals surface area contributed by atoms with Crippen LogP contribution in [-0.4, -0.2) is 0 Å². The molecule has 0 aromatic rings. The van der Waals surface area contributed by atoms with Crippen molar-refractivity contribution >= 4 is 0 Å². The molecule has 0 radical (unpaired) electrons. The van der Waals surface area contributed by atoms with E-state index in [4.69, 9.17) is 0 Å². The summed E-state index contributed by atoms with van der Waals surface area (Å²) >= 11 is 0. The summed E-state index contributed by atoms with van der Waals surface area (Å²) in [5.41, 5.74) is 1.06. The molecule has 15 heavy (non-hydrogen) atoms. The molecule has 0 aliphatic heterocycles. The second kappa shape index (κ2) is 4.89. The van der Waals surface area contributed by atoms with Crippen LogP contribution < -0.4 is 0 Å². The van der Waals surface area contributed by atoms with Crippen molar-refractivity contribution in [1.82, 2.24) is 0 Å². The normalized spacial score (nSPS) is 28.4. The first-order valence-electron chi connectivity index (χ1n) is 6.21. The topological polar surface area (TPSA) is 0 Å². The highest BCUT2D eigenvalue weighted by Gasteiger charge is 2.33. The highest BCUT2D eigenvalue weighted by molar-refractivity contribution is 4.84. The predicted octanol–water partition coefficient (Wildman–Crippen LogP) is 5.52. The Morgan fingerprint density at radius 1 is 0.600 bits per heavy atom. The first kappa shape index (κ1) is 15.0. The first-order valence-corrected chi connectivity index (χ1v) is 6.21. The van der Waals surface area contributed by atoms with Crippen molar-refractivity contribution in [2.24, 2.45) is 22.7 Å². The Hall–Kier alpha value is 0. The summed E-state index contributed by atoms with van der Waals surface area (Å²) in [7, 11) is 0. The second-order valence-electron chi connectivity index (χ2n) is 7.28. The number of hydrogen-bond donors (Lipinski definition) is 0. The lowest BCUT2D eigenvalue weighted by Gasteiger charge is -2.41. The molecule has 0 bridgehead atoms. The van der Waals surface area contributed by atoms with Gasteiger partial charge in [-0.2, -0.15) is 0 Å². The van der Waals surface area contributed by atoms with Gasteiger partial charge in [0.25, 0.3) is 0 Å². The molecule has 0 atom stereocenters. The molecule has 0 saturated heterocycles. The molecule has 0 N–H and O–H groups in total. The lowest BCUT2D eigenvalue weighted by atomic mass is 9.64. The fourth-order valence-corrected chi connectivity index (χ4v) is 2.83. The van der Waals surface area contributed by atoms with Gasteiger partial charge in [-0.15, -0.1) is 0 Å². The van der Waals surface area contributed by atoms with Crippen LogP contribution in [-0.2, 0) is 0 Å². The molecule has 1 fully saturated rings. The van der Waals surface area contributed by atoms with Crippen LogP contribution in [0.1, 0.15) is 74.7 Å². The SMILES string of the molecule is C.CC(C)(C)C1CCC(C(C)(C)C)CC1. The Bertz CT molecular complexity index is 147. The van der Waals surface area contributed by atoms with E-state index in [0.29, 0.717) is 10.8 Å². The van der Waals surface area contributed by atoms with Crippen molar-refractivity contribution < 1.29 is 0 Å². The maximum Gasteiger partial charge on any atom is -0.0354 e. The Kier molecular flexibility index (Phi) is 4.89. The third-order valence-electron chi connectivity index (χ3n) is 4.18. The molecule has 0 heteroatoms. The molecule has 1 saturated carbocycles. The Labute approximate surface area is 97.8 Å². The van der Waals surface area contributed by atoms with Crippen molar-refractivity contribution in [2.45, 2.75) is 74.7 Å². The van der Waals surface area contributed by atoms with Crippen LogP contribution >= 0.6 is 0 Å². The molecular formula is C15H32. The van der Waals surface area contributed by atoms with Crippen LogP contribution in [0.4, 0.5) is 0 Å². The van der Waals surface area contributed by atoms with Crippen LogP contribution in [0, 0.1) is 22.7 Å². The van der Waals surface area contributed by atoms with Gasteiger partial charge in [0.2, 0.25) is 0 Å². The van der Waals surface area contributed by atoms with Crippen LogP contribution in [0.2, 0.25) is 0 Å². The van der Waals surface area contributed by atoms with Gasteiger partial charge in [-0.1, -0.05) is 49.0 Å². The highest BCUT2D eigenvalue weighted by Crippen LogP contribution is 2.44. The summed E-state index contributed by atoms with van der Waals surface area (Å²) in [6.45, 7) is 14.4. The highest BCUT2D eigenvalue weighted by atomic mass is 14.4. The molecule has 0 nitrogen and oxygen atoms in total. The summed E-state index contributed by atoms with van der Waals surface area (Å²) in [5.74, 6) is 1.92.